The molecule has 1 amide bonds. The van der Waals surface area contributed by atoms with E-state index >= 15 is 0 Å². The predicted octanol–water partition coefficient (Wildman–Crippen LogP) is 5.02. The van der Waals surface area contributed by atoms with Crippen molar-refractivity contribution in [3.05, 3.63) is 0 Å². The van der Waals surface area contributed by atoms with Crippen LogP contribution >= 0.6 is 0 Å². The summed E-state index contributed by atoms with van der Waals surface area (Å²) in [6.45, 7) is 13.6. The molecule has 0 unspecified atom stereocenters. The average molecular weight is 281 g/mol. The first-order valence-electron chi connectivity index (χ1n) is 8.72. The molecule has 0 aromatic heterocycles. The first-order chi connectivity index (χ1) is 9.44. The normalized spacial score (nSPS) is 17.6. The van der Waals surface area contributed by atoms with Gasteiger partial charge in [0.25, 0.3) is 0 Å². The summed E-state index contributed by atoms with van der Waals surface area (Å²) in [5.41, 5.74) is 0.735. The zero-order chi connectivity index (χ0) is 15.2. The number of carbonyl (C=O) groups excluding carboxylic acids is 1. The minimum Gasteiger partial charge on any atom is -0.342 e. The van der Waals surface area contributed by atoms with Crippen LogP contribution in [0.25, 0.3) is 0 Å². The largest absolute Gasteiger partial charge is 0.342 e. The molecule has 20 heavy (non-hydrogen) atoms. The van der Waals surface area contributed by atoms with Crippen LogP contribution in [0.3, 0.4) is 0 Å². The van der Waals surface area contributed by atoms with Gasteiger partial charge in [0.05, 0.1) is 0 Å². The highest BCUT2D eigenvalue weighted by atomic mass is 16.2. The standard InChI is InChI=1S/C18H35NO/c1-6-17(5,7-2)14-18(8-3,9-4)15-19-13-11-10-12-16(19)20/h6-15H2,1-5H3. The number of carbonyl (C=O) groups is 1. The van der Waals surface area contributed by atoms with Crippen molar-refractivity contribution in [2.24, 2.45) is 10.8 Å². The Bertz CT molecular complexity index is 303. The summed E-state index contributed by atoms with van der Waals surface area (Å²) in [4.78, 5) is 14.3. The highest BCUT2D eigenvalue weighted by Crippen LogP contribution is 2.44. The number of hydrogen-bond donors (Lipinski definition) is 0. The van der Waals surface area contributed by atoms with E-state index in [1.165, 1.54) is 38.5 Å². The molecule has 1 saturated heterocycles. The quantitative estimate of drug-likeness (QED) is 0.611. The third kappa shape index (κ3) is 4.23. The van der Waals surface area contributed by atoms with Crippen LogP contribution < -0.4 is 0 Å². The summed E-state index contributed by atoms with van der Waals surface area (Å²) in [7, 11) is 0. The maximum atomic E-state index is 12.1. The maximum absolute atomic E-state index is 12.1. The van der Waals surface area contributed by atoms with E-state index in [0.717, 1.165) is 25.9 Å². The average Bonchev–Trinajstić information content (AvgIpc) is 2.48. The first-order valence-corrected chi connectivity index (χ1v) is 8.72. The van der Waals surface area contributed by atoms with Crippen LogP contribution in [-0.4, -0.2) is 23.9 Å². The highest BCUT2D eigenvalue weighted by Gasteiger charge is 2.37. The third-order valence-corrected chi connectivity index (χ3v) is 5.96. The lowest BCUT2D eigenvalue weighted by Gasteiger charge is -2.44. The fraction of sp³-hybridized carbons (Fsp3) is 0.944. The molecule has 0 aromatic carbocycles. The maximum Gasteiger partial charge on any atom is 0.222 e. The minimum atomic E-state index is 0.313. The molecule has 1 aliphatic rings. The molecular formula is C18H35NO. The Morgan fingerprint density at radius 1 is 1.00 bits per heavy atom. The van der Waals surface area contributed by atoms with Crippen molar-refractivity contribution in [1.29, 1.82) is 0 Å². The summed E-state index contributed by atoms with van der Waals surface area (Å²) in [6.07, 6.45) is 9.13. The van der Waals surface area contributed by atoms with Crippen LogP contribution in [-0.2, 0) is 4.79 Å². The minimum absolute atomic E-state index is 0.313. The lowest BCUT2D eigenvalue weighted by atomic mass is 9.66. The van der Waals surface area contributed by atoms with E-state index in [9.17, 15) is 4.79 Å². The molecule has 118 valence electrons. The number of amides is 1. The first kappa shape index (κ1) is 17.5. The van der Waals surface area contributed by atoms with Crippen LogP contribution in [0.5, 0.6) is 0 Å². The SMILES string of the molecule is CCC(C)(CC)CC(CC)(CC)CN1CCCCC1=O. The molecule has 0 radical (unpaired) electrons. The molecule has 0 aliphatic carbocycles. The Kier molecular flexibility index (Phi) is 6.54. The fourth-order valence-electron chi connectivity index (χ4n) is 3.62. The lowest BCUT2D eigenvalue weighted by Crippen LogP contribution is -2.45. The molecule has 1 heterocycles. The van der Waals surface area contributed by atoms with Crippen molar-refractivity contribution in [2.45, 2.75) is 86.0 Å². The highest BCUT2D eigenvalue weighted by molar-refractivity contribution is 5.76. The zero-order valence-electron chi connectivity index (χ0n) is 14.4. The Morgan fingerprint density at radius 2 is 1.60 bits per heavy atom. The van der Waals surface area contributed by atoms with E-state index in [-0.39, 0.29) is 0 Å². The van der Waals surface area contributed by atoms with Crippen molar-refractivity contribution in [2.75, 3.05) is 13.1 Å². The van der Waals surface area contributed by atoms with Gasteiger partial charge in [0.2, 0.25) is 5.91 Å². The van der Waals surface area contributed by atoms with Gasteiger partial charge in [-0.15, -0.1) is 0 Å². The molecule has 1 fully saturated rings. The van der Waals surface area contributed by atoms with Gasteiger partial charge >= 0.3 is 0 Å². The third-order valence-electron chi connectivity index (χ3n) is 5.96. The second-order valence-electron chi connectivity index (χ2n) is 7.17. The predicted molar refractivity (Wildman–Crippen MR) is 86.8 cm³/mol. The number of likely N-dealkylation sites (tertiary alicyclic amines) is 1. The number of rotatable bonds is 8. The van der Waals surface area contributed by atoms with Crippen LogP contribution in [0, 0.1) is 10.8 Å². The zero-order valence-corrected chi connectivity index (χ0v) is 14.4. The molecule has 0 atom stereocenters. The molecule has 0 spiro atoms. The van der Waals surface area contributed by atoms with Crippen molar-refractivity contribution in [1.82, 2.24) is 4.90 Å². The van der Waals surface area contributed by atoms with Gasteiger partial charge in [-0.2, -0.15) is 0 Å². The van der Waals surface area contributed by atoms with E-state index in [2.05, 4.69) is 39.5 Å². The van der Waals surface area contributed by atoms with Gasteiger partial charge < -0.3 is 4.90 Å². The monoisotopic (exact) mass is 281 g/mol. The van der Waals surface area contributed by atoms with Crippen molar-refractivity contribution in [3.63, 3.8) is 0 Å². The van der Waals surface area contributed by atoms with Gasteiger partial charge in [0.1, 0.15) is 0 Å². The van der Waals surface area contributed by atoms with E-state index in [1.807, 2.05) is 0 Å². The summed E-state index contributed by atoms with van der Waals surface area (Å²) in [5.74, 6) is 0.386. The molecule has 0 saturated carbocycles. The second-order valence-corrected chi connectivity index (χ2v) is 7.17. The smallest absolute Gasteiger partial charge is 0.222 e. The topological polar surface area (TPSA) is 20.3 Å². The van der Waals surface area contributed by atoms with E-state index < -0.39 is 0 Å². The number of hydrogen-bond acceptors (Lipinski definition) is 1. The summed E-state index contributed by atoms with van der Waals surface area (Å²) >= 11 is 0. The summed E-state index contributed by atoms with van der Waals surface area (Å²) < 4.78 is 0. The Balaban J connectivity index is 2.82. The number of nitrogens with zero attached hydrogens (tertiary/aromatic N) is 1. The van der Waals surface area contributed by atoms with Gasteiger partial charge in [-0.3, -0.25) is 4.79 Å². The van der Waals surface area contributed by atoms with Crippen LogP contribution in [0.2, 0.25) is 0 Å². The molecule has 2 heteroatoms. The summed E-state index contributed by atoms with van der Waals surface area (Å²) in [5, 5.41) is 0. The molecule has 0 N–H and O–H groups in total. The van der Waals surface area contributed by atoms with Crippen LogP contribution in [0.1, 0.15) is 86.0 Å². The van der Waals surface area contributed by atoms with Gasteiger partial charge in [0, 0.05) is 19.5 Å². The Hall–Kier alpha value is -0.530. The van der Waals surface area contributed by atoms with Gasteiger partial charge in [-0.05, 0) is 42.9 Å². The Morgan fingerprint density at radius 3 is 2.05 bits per heavy atom. The molecule has 2 nitrogen and oxygen atoms in total. The molecular weight excluding hydrogens is 246 g/mol. The van der Waals surface area contributed by atoms with Crippen molar-refractivity contribution < 1.29 is 4.79 Å². The van der Waals surface area contributed by atoms with Gasteiger partial charge in [-0.1, -0.05) is 47.5 Å². The van der Waals surface area contributed by atoms with Crippen molar-refractivity contribution >= 4 is 5.91 Å². The molecule has 1 aliphatic heterocycles. The van der Waals surface area contributed by atoms with E-state index in [0.29, 0.717) is 16.7 Å². The van der Waals surface area contributed by atoms with Gasteiger partial charge in [0.15, 0.2) is 0 Å². The molecule has 1 rings (SSSR count). The molecule has 0 aromatic rings. The van der Waals surface area contributed by atoms with Crippen molar-refractivity contribution in [3.8, 4) is 0 Å². The van der Waals surface area contributed by atoms with Crippen LogP contribution in [0.4, 0.5) is 0 Å². The Labute approximate surface area is 126 Å². The lowest BCUT2D eigenvalue weighted by molar-refractivity contribution is -0.135. The second kappa shape index (κ2) is 7.47. The van der Waals surface area contributed by atoms with Gasteiger partial charge in [-0.25, -0.2) is 0 Å². The molecule has 0 bridgehead atoms. The van der Waals surface area contributed by atoms with Crippen LogP contribution in [0.15, 0.2) is 0 Å². The van der Waals surface area contributed by atoms with E-state index in [4.69, 9.17) is 0 Å². The summed E-state index contributed by atoms with van der Waals surface area (Å²) in [6, 6.07) is 0. The fourth-order valence-corrected chi connectivity index (χ4v) is 3.62. The van der Waals surface area contributed by atoms with E-state index in [1.54, 1.807) is 0 Å². The number of piperidine rings is 1.